The van der Waals surface area contributed by atoms with E-state index in [0.717, 1.165) is 0 Å². The molecular weight excluding hydrogens is 160 g/mol. The van der Waals surface area contributed by atoms with E-state index in [2.05, 4.69) is 25.6 Å². The van der Waals surface area contributed by atoms with Crippen molar-refractivity contribution >= 4 is 0 Å². The molecule has 1 unspecified atom stereocenters. The summed E-state index contributed by atoms with van der Waals surface area (Å²) in [5.41, 5.74) is 2.43. The SMILES string of the molecule is C=CCC(O)Cc1cccc(C)c1. The van der Waals surface area contributed by atoms with Crippen LogP contribution in [0.25, 0.3) is 0 Å². The zero-order valence-electron chi connectivity index (χ0n) is 8.03. The van der Waals surface area contributed by atoms with Gasteiger partial charge in [-0.05, 0) is 25.3 Å². The van der Waals surface area contributed by atoms with E-state index in [0.29, 0.717) is 12.8 Å². The van der Waals surface area contributed by atoms with Gasteiger partial charge in [-0.2, -0.15) is 0 Å². The van der Waals surface area contributed by atoms with Crippen molar-refractivity contribution in [3.8, 4) is 0 Å². The van der Waals surface area contributed by atoms with Crippen molar-refractivity contribution in [3.05, 3.63) is 48.0 Å². The fourth-order valence-electron chi connectivity index (χ4n) is 1.39. The average molecular weight is 176 g/mol. The van der Waals surface area contributed by atoms with Crippen molar-refractivity contribution in [2.45, 2.75) is 25.9 Å². The van der Waals surface area contributed by atoms with Gasteiger partial charge in [-0.3, -0.25) is 0 Å². The highest BCUT2D eigenvalue weighted by Gasteiger charge is 2.02. The molecule has 0 amide bonds. The highest BCUT2D eigenvalue weighted by molar-refractivity contribution is 5.22. The number of aliphatic hydroxyl groups excluding tert-OH is 1. The Morgan fingerprint density at radius 2 is 2.31 bits per heavy atom. The molecule has 1 N–H and O–H groups in total. The summed E-state index contributed by atoms with van der Waals surface area (Å²) in [4.78, 5) is 0. The van der Waals surface area contributed by atoms with Crippen LogP contribution in [0.2, 0.25) is 0 Å². The van der Waals surface area contributed by atoms with Crippen LogP contribution >= 0.6 is 0 Å². The van der Waals surface area contributed by atoms with Gasteiger partial charge >= 0.3 is 0 Å². The minimum absolute atomic E-state index is 0.292. The molecule has 0 aliphatic heterocycles. The lowest BCUT2D eigenvalue weighted by molar-refractivity contribution is 0.178. The monoisotopic (exact) mass is 176 g/mol. The number of aryl methyl sites for hydroxylation is 1. The Hall–Kier alpha value is -1.08. The van der Waals surface area contributed by atoms with Crippen LogP contribution in [-0.2, 0) is 6.42 Å². The van der Waals surface area contributed by atoms with Crippen molar-refractivity contribution in [1.29, 1.82) is 0 Å². The van der Waals surface area contributed by atoms with Crippen LogP contribution in [0.5, 0.6) is 0 Å². The van der Waals surface area contributed by atoms with Crippen molar-refractivity contribution in [3.63, 3.8) is 0 Å². The van der Waals surface area contributed by atoms with Gasteiger partial charge in [0, 0.05) is 0 Å². The van der Waals surface area contributed by atoms with E-state index in [1.54, 1.807) is 6.08 Å². The Morgan fingerprint density at radius 1 is 1.54 bits per heavy atom. The third-order valence-electron chi connectivity index (χ3n) is 1.99. The van der Waals surface area contributed by atoms with E-state index in [1.807, 2.05) is 12.1 Å². The minimum atomic E-state index is -0.292. The molecule has 0 saturated carbocycles. The molecule has 1 heteroatoms. The topological polar surface area (TPSA) is 20.2 Å². The molecule has 0 fully saturated rings. The number of hydrogen-bond donors (Lipinski definition) is 1. The summed E-state index contributed by atoms with van der Waals surface area (Å²) in [6, 6.07) is 8.22. The molecule has 1 rings (SSSR count). The van der Waals surface area contributed by atoms with E-state index in [9.17, 15) is 5.11 Å². The highest BCUT2D eigenvalue weighted by Crippen LogP contribution is 2.08. The number of rotatable bonds is 4. The molecular formula is C12H16O. The second-order valence-corrected chi connectivity index (χ2v) is 3.37. The van der Waals surface area contributed by atoms with Crippen molar-refractivity contribution in [2.75, 3.05) is 0 Å². The van der Waals surface area contributed by atoms with Gasteiger partial charge in [-0.25, -0.2) is 0 Å². The van der Waals surface area contributed by atoms with Crippen molar-refractivity contribution in [1.82, 2.24) is 0 Å². The second kappa shape index (κ2) is 4.83. The molecule has 0 aliphatic carbocycles. The summed E-state index contributed by atoms with van der Waals surface area (Å²) in [7, 11) is 0. The zero-order chi connectivity index (χ0) is 9.68. The van der Waals surface area contributed by atoms with Crippen LogP contribution in [0.4, 0.5) is 0 Å². The fourth-order valence-corrected chi connectivity index (χ4v) is 1.39. The predicted molar refractivity (Wildman–Crippen MR) is 55.7 cm³/mol. The Labute approximate surface area is 79.7 Å². The van der Waals surface area contributed by atoms with Gasteiger partial charge in [0.25, 0.3) is 0 Å². The molecule has 0 aromatic heterocycles. The highest BCUT2D eigenvalue weighted by atomic mass is 16.3. The van der Waals surface area contributed by atoms with E-state index in [-0.39, 0.29) is 6.10 Å². The smallest absolute Gasteiger partial charge is 0.0614 e. The van der Waals surface area contributed by atoms with E-state index >= 15 is 0 Å². The van der Waals surface area contributed by atoms with Crippen LogP contribution in [0.3, 0.4) is 0 Å². The first-order valence-corrected chi connectivity index (χ1v) is 4.57. The summed E-state index contributed by atoms with van der Waals surface area (Å²) in [5.74, 6) is 0. The molecule has 13 heavy (non-hydrogen) atoms. The van der Waals surface area contributed by atoms with E-state index in [1.165, 1.54) is 11.1 Å². The Morgan fingerprint density at radius 3 is 2.92 bits per heavy atom. The van der Waals surface area contributed by atoms with Crippen LogP contribution in [0.15, 0.2) is 36.9 Å². The number of benzene rings is 1. The Bertz CT molecular complexity index is 278. The molecule has 0 bridgehead atoms. The van der Waals surface area contributed by atoms with Gasteiger partial charge in [0.05, 0.1) is 6.10 Å². The van der Waals surface area contributed by atoms with Gasteiger partial charge < -0.3 is 5.11 Å². The van der Waals surface area contributed by atoms with Gasteiger partial charge in [0.15, 0.2) is 0 Å². The number of hydrogen-bond acceptors (Lipinski definition) is 1. The molecule has 1 nitrogen and oxygen atoms in total. The molecule has 1 aromatic carbocycles. The van der Waals surface area contributed by atoms with Gasteiger partial charge in [0.2, 0.25) is 0 Å². The fraction of sp³-hybridized carbons (Fsp3) is 0.333. The van der Waals surface area contributed by atoms with Crippen molar-refractivity contribution < 1.29 is 5.11 Å². The summed E-state index contributed by atoms with van der Waals surface area (Å²) in [6.45, 7) is 5.66. The third-order valence-corrected chi connectivity index (χ3v) is 1.99. The van der Waals surface area contributed by atoms with Gasteiger partial charge in [0.1, 0.15) is 0 Å². The van der Waals surface area contributed by atoms with Crippen molar-refractivity contribution in [2.24, 2.45) is 0 Å². The summed E-state index contributed by atoms with van der Waals surface area (Å²) in [5, 5.41) is 9.52. The molecule has 0 aliphatic rings. The third kappa shape index (κ3) is 3.43. The lowest BCUT2D eigenvalue weighted by atomic mass is 10.0. The predicted octanol–water partition coefficient (Wildman–Crippen LogP) is 2.47. The van der Waals surface area contributed by atoms with Crippen LogP contribution < -0.4 is 0 Å². The first-order valence-electron chi connectivity index (χ1n) is 4.57. The average Bonchev–Trinajstić information content (AvgIpc) is 2.04. The second-order valence-electron chi connectivity index (χ2n) is 3.37. The summed E-state index contributed by atoms with van der Waals surface area (Å²) >= 11 is 0. The molecule has 70 valence electrons. The van der Waals surface area contributed by atoms with Crippen LogP contribution in [0, 0.1) is 6.92 Å². The normalized spacial score (nSPS) is 12.5. The first kappa shape index (κ1) is 10.0. The minimum Gasteiger partial charge on any atom is -0.392 e. The molecule has 0 saturated heterocycles. The van der Waals surface area contributed by atoms with Gasteiger partial charge in [-0.1, -0.05) is 35.9 Å². The van der Waals surface area contributed by atoms with Gasteiger partial charge in [-0.15, -0.1) is 6.58 Å². The first-order chi connectivity index (χ1) is 6.22. The maximum absolute atomic E-state index is 9.52. The van der Waals surface area contributed by atoms with E-state index < -0.39 is 0 Å². The largest absolute Gasteiger partial charge is 0.392 e. The maximum atomic E-state index is 9.52. The quantitative estimate of drug-likeness (QED) is 0.699. The van der Waals surface area contributed by atoms with Crippen LogP contribution in [-0.4, -0.2) is 11.2 Å². The number of aliphatic hydroxyl groups is 1. The lowest BCUT2D eigenvalue weighted by Crippen LogP contribution is -2.08. The Balaban J connectivity index is 2.58. The summed E-state index contributed by atoms with van der Waals surface area (Å²) in [6.07, 6.45) is 2.83. The standard InChI is InChI=1S/C12H16O/c1-3-5-12(13)9-11-7-4-6-10(2)8-11/h3-4,6-8,12-13H,1,5,9H2,2H3. The summed E-state index contributed by atoms with van der Waals surface area (Å²) < 4.78 is 0. The molecule has 0 spiro atoms. The molecule has 1 aromatic rings. The molecule has 0 radical (unpaired) electrons. The molecule has 1 atom stereocenters. The maximum Gasteiger partial charge on any atom is 0.0614 e. The Kier molecular flexibility index (Phi) is 3.71. The molecule has 0 heterocycles. The van der Waals surface area contributed by atoms with E-state index in [4.69, 9.17) is 0 Å². The van der Waals surface area contributed by atoms with Crippen LogP contribution in [0.1, 0.15) is 17.5 Å². The zero-order valence-corrected chi connectivity index (χ0v) is 8.03. The lowest BCUT2D eigenvalue weighted by Gasteiger charge is -2.07.